The Labute approximate surface area is 127 Å². The highest BCUT2D eigenvalue weighted by atomic mass is 16.1. The highest BCUT2D eigenvalue weighted by molar-refractivity contribution is 5.76. The fraction of sp³-hybridized carbons (Fsp3) is 0.688. The van der Waals surface area contributed by atoms with Gasteiger partial charge < -0.3 is 10.6 Å². The third-order valence-corrected chi connectivity index (χ3v) is 3.88. The van der Waals surface area contributed by atoms with Crippen LogP contribution in [0.5, 0.6) is 0 Å². The molecule has 0 bridgehead atoms. The van der Waals surface area contributed by atoms with Crippen LogP contribution in [0.1, 0.15) is 57.0 Å². The van der Waals surface area contributed by atoms with Crippen LogP contribution in [0.4, 0.5) is 5.82 Å². The van der Waals surface area contributed by atoms with E-state index < -0.39 is 0 Å². The average molecular weight is 290 g/mol. The molecule has 0 radical (unpaired) electrons. The van der Waals surface area contributed by atoms with Gasteiger partial charge in [0.2, 0.25) is 5.91 Å². The minimum absolute atomic E-state index is 0.135. The fourth-order valence-electron chi connectivity index (χ4n) is 2.75. The largest absolute Gasteiger partial charge is 0.369 e. The number of amides is 1. The zero-order valence-corrected chi connectivity index (χ0v) is 13.1. The van der Waals surface area contributed by atoms with Gasteiger partial charge in [-0.2, -0.15) is 0 Å². The number of aryl methyl sites for hydroxylation is 2. The van der Waals surface area contributed by atoms with Gasteiger partial charge in [0.15, 0.2) is 0 Å². The SMILES string of the molecule is CCc1cc(NCCC(=O)NC2CCCCC2)nc(C)n1. The van der Waals surface area contributed by atoms with Crippen LogP contribution < -0.4 is 10.6 Å². The second-order valence-corrected chi connectivity index (χ2v) is 5.72. The van der Waals surface area contributed by atoms with E-state index in [0.29, 0.717) is 19.0 Å². The van der Waals surface area contributed by atoms with E-state index in [1.807, 2.05) is 13.0 Å². The molecule has 1 amide bonds. The zero-order chi connectivity index (χ0) is 15.1. The number of rotatable bonds is 6. The molecule has 0 unspecified atom stereocenters. The predicted octanol–water partition coefficient (Wildman–Crippen LogP) is 2.60. The molecule has 21 heavy (non-hydrogen) atoms. The minimum Gasteiger partial charge on any atom is -0.369 e. The maximum Gasteiger partial charge on any atom is 0.221 e. The maximum absolute atomic E-state index is 11.9. The van der Waals surface area contributed by atoms with Gasteiger partial charge in [-0.3, -0.25) is 4.79 Å². The van der Waals surface area contributed by atoms with Gasteiger partial charge in [-0.1, -0.05) is 26.2 Å². The van der Waals surface area contributed by atoms with Crippen molar-refractivity contribution in [3.63, 3.8) is 0 Å². The van der Waals surface area contributed by atoms with Crippen LogP contribution in [0.25, 0.3) is 0 Å². The Kier molecular flexibility index (Phi) is 5.96. The quantitative estimate of drug-likeness (QED) is 0.845. The Hall–Kier alpha value is -1.65. The molecule has 1 aliphatic carbocycles. The van der Waals surface area contributed by atoms with E-state index in [2.05, 4.69) is 27.5 Å². The summed E-state index contributed by atoms with van der Waals surface area (Å²) in [5.74, 6) is 1.71. The van der Waals surface area contributed by atoms with Crippen LogP contribution >= 0.6 is 0 Å². The highest BCUT2D eigenvalue weighted by Crippen LogP contribution is 2.17. The van der Waals surface area contributed by atoms with Gasteiger partial charge in [0.25, 0.3) is 0 Å². The third-order valence-electron chi connectivity index (χ3n) is 3.88. The van der Waals surface area contributed by atoms with Gasteiger partial charge in [-0.25, -0.2) is 9.97 Å². The smallest absolute Gasteiger partial charge is 0.221 e. The molecule has 1 fully saturated rings. The summed E-state index contributed by atoms with van der Waals surface area (Å²) in [6, 6.07) is 2.34. The summed E-state index contributed by atoms with van der Waals surface area (Å²) < 4.78 is 0. The third kappa shape index (κ3) is 5.33. The molecular formula is C16H26N4O. The van der Waals surface area contributed by atoms with E-state index in [-0.39, 0.29) is 5.91 Å². The van der Waals surface area contributed by atoms with Crippen LogP contribution in [0, 0.1) is 6.92 Å². The van der Waals surface area contributed by atoms with Gasteiger partial charge >= 0.3 is 0 Å². The van der Waals surface area contributed by atoms with Crippen LogP contribution in [0.3, 0.4) is 0 Å². The normalized spacial score (nSPS) is 15.7. The number of nitrogens with zero attached hydrogens (tertiary/aromatic N) is 2. The van der Waals surface area contributed by atoms with Crippen molar-refractivity contribution < 1.29 is 4.79 Å². The first-order chi connectivity index (χ1) is 10.2. The molecule has 0 aromatic carbocycles. The molecule has 5 nitrogen and oxygen atoms in total. The Morgan fingerprint density at radius 2 is 2.05 bits per heavy atom. The van der Waals surface area contributed by atoms with E-state index in [1.54, 1.807) is 0 Å². The first-order valence-electron chi connectivity index (χ1n) is 8.05. The first-order valence-corrected chi connectivity index (χ1v) is 8.05. The van der Waals surface area contributed by atoms with Gasteiger partial charge in [0.05, 0.1) is 0 Å². The number of nitrogens with one attached hydrogen (secondary N) is 2. The standard InChI is InChI=1S/C16H26N4O/c1-3-13-11-15(19-12(2)18-13)17-10-9-16(21)20-14-7-5-4-6-8-14/h11,14H,3-10H2,1-2H3,(H,20,21)(H,17,18,19). The van der Waals surface area contributed by atoms with E-state index in [0.717, 1.165) is 36.6 Å². The van der Waals surface area contributed by atoms with Crippen molar-refractivity contribution in [1.82, 2.24) is 15.3 Å². The Morgan fingerprint density at radius 1 is 1.29 bits per heavy atom. The van der Waals surface area contributed by atoms with E-state index in [1.165, 1.54) is 19.3 Å². The number of carbonyl (C=O) groups is 1. The Bertz CT molecular complexity index is 469. The van der Waals surface area contributed by atoms with Crippen LogP contribution in [0.2, 0.25) is 0 Å². The molecule has 1 aromatic rings. The summed E-state index contributed by atoms with van der Waals surface area (Å²) in [6.07, 6.45) is 7.42. The molecule has 1 saturated carbocycles. The number of aromatic nitrogens is 2. The molecule has 0 spiro atoms. The van der Waals surface area contributed by atoms with Crippen LogP contribution in [-0.2, 0) is 11.2 Å². The van der Waals surface area contributed by atoms with Crippen molar-refractivity contribution in [2.45, 2.75) is 64.8 Å². The molecule has 116 valence electrons. The van der Waals surface area contributed by atoms with Crippen molar-refractivity contribution in [2.75, 3.05) is 11.9 Å². The second-order valence-electron chi connectivity index (χ2n) is 5.72. The van der Waals surface area contributed by atoms with Crippen molar-refractivity contribution in [3.8, 4) is 0 Å². The molecular weight excluding hydrogens is 264 g/mol. The molecule has 0 atom stereocenters. The summed E-state index contributed by atoms with van der Waals surface area (Å²) in [5, 5.41) is 6.34. The van der Waals surface area contributed by atoms with Crippen molar-refractivity contribution in [3.05, 3.63) is 17.6 Å². The van der Waals surface area contributed by atoms with Gasteiger partial charge in [0.1, 0.15) is 11.6 Å². The molecule has 0 aliphatic heterocycles. The number of hydrogen-bond donors (Lipinski definition) is 2. The predicted molar refractivity (Wildman–Crippen MR) is 84.3 cm³/mol. The lowest BCUT2D eigenvalue weighted by atomic mass is 9.95. The van der Waals surface area contributed by atoms with Crippen LogP contribution in [-0.4, -0.2) is 28.5 Å². The summed E-state index contributed by atoms with van der Waals surface area (Å²) in [7, 11) is 0. The van der Waals surface area contributed by atoms with Gasteiger partial charge in [-0.05, 0) is 26.2 Å². The monoisotopic (exact) mass is 290 g/mol. The van der Waals surface area contributed by atoms with Crippen LogP contribution in [0.15, 0.2) is 6.07 Å². The average Bonchev–Trinajstić information content (AvgIpc) is 2.47. The molecule has 1 heterocycles. The van der Waals surface area contributed by atoms with Gasteiger partial charge in [-0.15, -0.1) is 0 Å². The number of carbonyl (C=O) groups excluding carboxylic acids is 1. The Balaban J connectivity index is 1.73. The molecule has 2 N–H and O–H groups in total. The number of hydrogen-bond acceptors (Lipinski definition) is 4. The highest BCUT2D eigenvalue weighted by Gasteiger charge is 2.15. The number of anilines is 1. The summed E-state index contributed by atoms with van der Waals surface area (Å²) >= 11 is 0. The summed E-state index contributed by atoms with van der Waals surface area (Å²) in [6.45, 7) is 4.57. The fourth-order valence-corrected chi connectivity index (χ4v) is 2.75. The van der Waals surface area contributed by atoms with E-state index >= 15 is 0 Å². The lowest BCUT2D eigenvalue weighted by Crippen LogP contribution is -2.36. The lowest BCUT2D eigenvalue weighted by Gasteiger charge is -2.22. The van der Waals surface area contributed by atoms with Crippen molar-refractivity contribution >= 4 is 11.7 Å². The second kappa shape index (κ2) is 7.96. The lowest BCUT2D eigenvalue weighted by molar-refractivity contribution is -0.121. The van der Waals surface area contributed by atoms with Gasteiger partial charge in [0, 0.05) is 30.8 Å². The zero-order valence-electron chi connectivity index (χ0n) is 13.1. The molecule has 2 rings (SSSR count). The van der Waals surface area contributed by atoms with Crippen molar-refractivity contribution in [2.24, 2.45) is 0 Å². The summed E-state index contributed by atoms with van der Waals surface area (Å²) in [5.41, 5.74) is 1.02. The van der Waals surface area contributed by atoms with E-state index in [4.69, 9.17) is 0 Å². The Morgan fingerprint density at radius 3 is 2.76 bits per heavy atom. The molecule has 1 aliphatic rings. The molecule has 1 aromatic heterocycles. The minimum atomic E-state index is 0.135. The first kappa shape index (κ1) is 15.7. The van der Waals surface area contributed by atoms with E-state index in [9.17, 15) is 4.79 Å². The maximum atomic E-state index is 11.9. The van der Waals surface area contributed by atoms with Crippen molar-refractivity contribution in [1.29, 1.82) is 0 Å². The topological polar surface area (TPSA) is 66.9 Å². The molecule has 5 heteroatoms. The molecule has 0 saturated heterocycles. The summed E-state index contributed by atoms with van der Waals surface area (Å²) in [4.78, 5) is 20.6.